The van der Waals surface area contributed by atoms with Crippen LogP contribution in [0.3, 0.4) is 0 Å². The Hall–Kier alpha value is -3.30. The molecule has 0 saturated carbocycles. The highest BCUT2D eigenvalue weighted by atomic mass is 35.5. The number of anilines is 2. The zero-order valence-electron chi connectivity index (χ0n) is 14.2. The van der Waals surface area contributed by atoms with E-state index in [1.807, 2.05) is 6.07 Å². The van der Waals surface area contributed by atoms with Gasteiger partial charge in [-0.05, 0) is 42.0 Å². The van der Waals surface area contributed by atoms with Gasteiger partial charge < -0.3 is 15.4 Å². The first-order valence-corrected chi connectivity index (χ1v) is 7.95. The molecule has 0 bridgehead atoms. The molecule has 2 aromatic carbocycles. The van der Waals surface area contributed by atoms with Gasteiger partial charge in [-0.2, -0.15) is 5.26 Å². The number of amides is 2. The molecule has 2 rings (SSSR count). The van der Waals surface area contributed by atoms with E-state index >= 15 is 0 Å². The van der Waals surface area contributed by atoms with Crippen LogP contribution in [-0.4, -0.2) is 18.9 Å². The molecule has 0 unspecified atom stereocenters. The van der Waals surface area contributed by atoms with E-state index in [2.05, 4.69) is 10.6 Å². The number of hydrogen-bond acceptors (Lipinski definition) is 4. The van der Waals surface area contributed by atoms with Crippen LogP contribution >= 0.6 is 11.6 Å². The summed E-state index contributed by atoms with van der Waals surface area (Å²) < 4.78 is 5.05. The molecule has 0 radical (unpaired) electrons. The predicted molar refractivity (Wildman–Crippen MR) is 101 cm³/mol. The Morgan fingerprint density at radius 2 is 1.77 bits per heavy atom. The fourth-order valence-electron chi connectivity index (χ4n) is 2.12. The molecule has 6 nitrogen and oxygen atoms in total. The normalized spacial score (nSPS) is 10.6. The van der Waals surface area contributed by atoms with Crippen molar-refractivity contribution in [2.75, 3.05) is 17.7 Å². The molecule has 0 aliphatic carbocycles. The van der Waals surface area contributed by atoms with Crippen LogP contribution in [0.2, 0.25) is 5.02 Å². The molecule has 0 aromatic heterocycles. The van der Waals surface area contributed by atoms with Crippen molar-refractivity contribution in [3.05, 3.63) is 58.6 Å². The summed E-state index contributed by atoms with van der Waals surface area (Å²) in [7, 11) is 1.49. The van der Waals surface area contributed by atoms with Crippen molar-refractivity contribution in [1.82, 2.24) is 0 Å². The second kappa shape index (κ2) is 8.70. The number of nitriles is 1. The first-order chi connectivity index (χ1) is 12.4. The van der Waals surface area contributed by atoms with Gasteiger partial charge in [0.05, 0.1) is 12.1 Å². The molecule has 2 aromatic rings. The molecular formula is C19H16ClN3O3. The summed E-state index contributed by atoms with van der Waals surface area (Å²) in [6.07, 6.45) is 1.46. The maximum absolute atomic E-state index is 12.3. The molecule has 0 spiro atoms. The van der Waals surface area contributed by atoms with E-state index in [0.29, 0.717) is 27.7 Å². The number of nitrogens with one attached hydrogen (secondary N) is 2. The Kier molecular flexibility index (Phi) is 6.36. The number of rotatable bonds is 5. The molecule has 2 amide bonds. The number of carbonyl (C=O) groups is 2. The SMILES string of the molecule is COc1ccc(NC(=O)C(C#N)=Cc2ccc(NC(C)=O)cc2)cc1Cl. The second-order valence-electron chi connectivity index (χ2n) is 5.28. The Morgan fingerprint density at radius 3 is 2.31 bits per heavy atom. The molecule has 0 heterocycles. The molecule has 0 aliphatic rings. The minimum absolute atomic E-state index is 0.0655. The van der Waals surface area contributed by atoms with Crippen molar-refractivity contribution in [2.24, 2.45) is 0 Å². The summed E-state index contributed by atoms with van der Waals surface area (Å²) in [4.78, 5) is 23.3. The molecule has 2 N–H and O–H groups in total. The molecule has 7 heteroatoms. The summed E-state index contributed by atoms with van der Waals surface area (Å²) >= 11 is 6.02. The topological polar surface area (TPSA) is 91.2 Å². The minimum atomic E-state index is -0.556. The van der Waals surface area contributed by atoms with Crippen molar-refractivity contribution in [3.8, 4) is 11.8 Å². The first kappa shape index (κ1) is 19.0. The maximum atomic E-state index is 12.3. The maximum Gasteiger partial charge on any atom is 0.266 e. The lowest BCUT2D eigenvalue weighted by molar-refractivity contribution is -0.114. The monoisotopic (exact) mass is 369 g/mol. The third-order valence-electron chi connectivity index (χ3n) is 3.32. The number of halogens is 1. The lowest BCUT2D eigenvalue weighted by atomic mass is 10.1. The highest BCUT2D eigenvalue weighted by Gasteiger charge is 2.11. The van der Waals surface area contributed by atoms with Gasteiger partial charge in [0.2, 0.25) is 5.91 Å². The van der Waals surface area contributed by atoms with E-state index in [1.165, 1.54) is 26.2 Å². The van der Waals surface area contributed by atoms with Crippen LogP contribution in [0.25, 0.3) is 6.08 Å². The van der Waals surface area contributed by atoms with Crippen LogP contribution in [0, 0.1) is 11.3 Å². The lowest BCUT2D eigenvalue weighted by Gasteiger charge is -2.07. The van der Waals surface area contributed by atoms with Gasteiger partial charge in [-0.1, -0.05) is 23.7 Å². The number of methoxy groups -OCH3 is 1. The zero-order chi connectivity index (χ0) is 19.1. The molecule has 0 saturated heterocycles. The molecule has 132 valence electrons. The summed E-state index contributed by atoms with van der Waals surface area (Å²) in [6, 6.07) is 13.4. The Morgan fingerprint density at radius 1 is 1.12 bits per heavy atom. The van der Waals surface area contributed by atoms with Gasteiger partial charge in [-0.15, -0.1) is 0 Å². The highest BCUT2D eigenvalue weighted by molar-refractivity contribution is 6.32. The number of benzene rings is 2. The van der Waals surface area contributed by atoms with Gasteiger partial charge in [0.1, 0.15) is 17.4 Å². The summed E-state index contributed by atoms with van der Waals surface area (Å²) in [5, 5.41) is 14.9. The van der Waals surface area contributed by atoms with E-state index in [0.717, 1.165) is 0 Å². The standard InChI is InChI=1S/C19H16ClN3O3/c1-12(24)22-15-5-3-13(4-6-15)9-14(11-21)19(25)23-16-7-8-18(26-2)17(20)10-16/h3-10H,1-2H3,(H,22,24)(H,23,25). The van der Waals surface area contributed by atoms with Crippen molar-refractivity contribution < 1.29 is 14.3 Å². The van der Waals surface area contributed by atoms with Crippen LogP contribution in [0.15, 0.2) is 48.0 Å². The molecule has 0 atom stereocenters. The van der Waals surface area contributed by atoms with E-state index in [9.17, 15) is 14.9 Å². The third-order valence-corrected chi connectivity index (χ3v) is 3.61. The molecular weight excluding hydrogens is 354 g/mol. The summed E-state index contributed by atoms with van der Waals surface area (Å²) in [6.45, 7) is 1.41. The Balaban J connectivity index is 2.15. The number of ether oxygens (including phenoxy) is 1. The molecule has 0 aliphatic heterocycles. The molecule has 26 heavy (non-hydrogen) atoms. The van der Waals surface area contributed by atoms with Gasteiger partial charge >= 0.3 is 0 Å². The average Bonchev–Trinajstić information content (AvgIpc) is 2.60. The van der Waals surface area contributed by atoms with Crippen molar-refractivity contribution in [3.63, 3.8) is 0 Å². The quantitative estimate of drug-likeness (QED) is 0.618. The van der Waals surface area contributed by atoms with Crippen LogP contribution in [-0.2, 0) is 9.59 Å². The van der Waals surface area contributed by atoms with Crippen LogP contribution < -0.4 is 15.4 Å². The van der Waals surface area contributed by atoms with E-state index < -0.39 is 5.91 Å². The van der Waals surface area contributed by atoms with Crippen molar-refractivity contribution in [2.45, 2.75) is 6.92 Å². The van der Waals surface area contributed by atoms with Gasteiger partial charge in [0.15, 0.2) is 0 Å². The van der Waals surface area contributed by atoms with Crippen LogP contribution in [0.5, 0.6) is 5.75 Å². The van der Waals surface area contributed by atoms with Gasteiger partial charge in [-0.25, -0.2) is 0 Å². The van der Waals surface area contributed by atoms with Crippen molar-refractivity contribution in [1.29, 1.82) is 5.26 Å². The largest absolute Gasteiger partial charge is 0.495 e. The zero-order valence-corrected chi connectivity index (χ0v) is 14.9. The lowest BCUT2D eigenvalue weighted by Crippen LogP contribution is -2.13. The summed E-state index contributed by atoms with van der Waals surface area (Å²) in [5.41, 5.74) is 1.66. The first-order valence-electron chi connectivity index (χ1n) is 7.57. The van der Waals surface area contributed by atoms with E-state index in [-0.39, 0.29) is 11.5 Å². The number of carbonyl (C=O) groups excluding carboxylic acids is 2. The second-order valence-corrected chi connectivity index (χ2v) is 5.68. The van der Waals surface area contributed by atoms with Gasteiger partial charge in [0, 0.05) is 18.3 Å². The fourth-order valence-corrected chi connectivity index (χ4v) is 2.38. The van der Waals surface area contributed by atoms with Gasteiger partial charge in [-0.3, -0.25) is 9.59 Å². The average molecular weight is 370 g/mol. The Bertz CT molecular complexity index is 899. The smallest absolute Gasteiger partial charge is 0.266 e. The van der Waals surface area contributed by atoms with E-state index in [4.69, 9.17) is 16.3 Å². The number of hydrogen-bond donors (Lipinski definition) is 2. The third kappa shape index (κ3) is 5.10. The molecule has 0 fully saturated rings. The van der Waals surface area contributed by atoms with E-state index in [1.54, 1.807) is 36.4 Å². The fraction of sp³-hybridized carbons (Fsp3) is 0.105. The highest BCUT2D eigenvalue weighted by Crippen LogP contribution is 2.27. The van der Waals surface area contributed by atoms with Crippen LogP contribution in [0.1, 0.15) is 12.5 Å². The minimum Gasteiger partial charge on any atom is -0.495 e. The Labute approximate surface area is 156 Å². The van der Waals surface area contributed by atoms with Gasteiger partial charge in [0.25, 0.3) is 5.91 Å². The predicted octanol–water partition coefficient (Wildman–Crippen LogP) is 3.85. The van der Waals surface area contributed by atoms with Crippen molar-refractivity contribution >= 4 is 40.9 Å². The summed E-state index contributed by atoms with van der Waals surface area (Å²) in [5.74, 6) is -0.247. The van der Waals surface area contributed by atoms with Crippen LogP contribution in [0.4, 0.5) is 11.4 Å². The number of nitrogens with zero attached hydrogens (tertiary/aromatic N) is 1.